The van der Waals surface area contributed by atoms with Crippen LogP contribution in [0.15, 0.2) is 48.5 Å². The number of nitrogens with one attached hydrogen (secondary N) is 1. The minimum atomic E-state index is -0.292. The second-order valence-corrected chi connectivity index (χ2v) is 6.85. The fourth-order valence-electron chi connectivity index (χ4n) is 2.81. The molecule has 0 aliphatic carbocycles. The van der Waals surface area contributed by atoms with Gasteiger partial charge in [0.2, 0.25) is 0 Å². The van der Waals surface area contributed by atoms with Gasteiger partial charge in [-0.1, -0.05) is 18.2 Å². The lowest BCUT2D eigenvalue weighted by molar-refractivity contribution is 0.102. The summed E-state index contributed by atoms with van der Waals surface area (Å²) in [5.74, 6) is -0.0388. The van der Waals surface area contributed by atoms with Crippen molar-refractivity contribution in [3.05, 3.63) is 76.9 Å². The Hall–Kier alpha value is -2.60. The SMILES string of the molecule is CSCc1cc(C(=O)Nc2c(C)nn(-c3ccccc3)c2C)ccc1F. The third-order valence-corrected chi connectivity index (χ3v) is 4.74. The number of nitrogens with zero attached hydrogens (tertiary/aromatic N) is 2. The minimum absolute atomic E-state index is 0.272. The van der Waals surface area contributed by atoms with Crippen LogP contribution in [0, 0.1) is 19.7 Å². The molecule has 0 unspecified atom stereocenters. The first-order chi connectivity index (χ1) is 12.5. The Morgan fingerprint density at radius 1 is 1.19 bits per heavy atom. The first-order valence-corrected chi connectivity index (χ1v) is 9.61. The minimum Gasteiger partial charge on any atom is -0.319 e. The Balaban J connectivity index is 1.89. The highest BCUT2D eigenvalue weighted by atomic mass is 32.2. The molecule has 0 saturated heterocycles. The van der Waals surface area contributed by atoms with E-state index in [1.165, 1.54) is 23.9 Å². The van der Waals surface area contributed by atoms with E-state index in [1.807, 2.05) is 50.4 Å². The van der Waals surface area contributed by atoms with E-state index in [0.29, 0.717) is 22.6 Å². The van der Waals surface area contributed by atoms with Crippen molar-refractivity contribution in [2.45, 2.75) is 19.6 Å². The molecule has 0 aliphatic rings. The molecule has 0 spiro atoms. The molecule has 3 rings (SSSR count). The Morgan fingerprint density at radius 2 is 1.92 bits per heavy atom. The fourth-order valence-corrected chi connectivity index (χ4v) is 3.34. The van der Waals surface area contributed by atoms with Crippen molar-refractivity contribution in [3.8, 4) is 5.69 Å². The number of carbonyl (C=O) groups is 1. The molecule has 1 heterocycles. The highest BCUT2D eigenvalue weighted by molar-refractivity contribution is 7.97. The van der Waals surface area contributed by atoms with E-state index >= 15 is 0 Å². The summed E-state index contributed by atoms with van der Waals surface area (Å²) in [6, 6.07) is 14.2. The van der Waals surface area contributed by atoms with Crippen molar-refractivity contribution in [2.24, 2.45) is 0 Å². The number of rotatable bonds is 5. The van der Waals surface area contributed by atoms with Crippen LogP contribution in [-0.4, -0.2) is 21.9 Å². The molecular formula is C20H20FN3OS. The summed E-state index contributed by atoms with van der Waals surface area (Å²) in [6.07, 6.45) is 1.90. The zero-order chi connectivity index (χ0) is 18.7. The van der Waals surface area contributed by atoms with Gasteiger partial charge >= 0.3 is 0 Å². The molecule has 26 heavy (non-hydrogen) atoms. The van der Waals surface area contributed by atoms with Crippen molar-refractivity contribution in [1.29, 1.82) is 0 Å². The van der Waals surface area contributed by atoms with E-state index in [0.717, 1.165) is 17.1 Å². The lowest BCUT2D eigenvalue weighted by Crippen LogP contribution is -2.14. The first-order valence-electron chi connectivity index (χ1n) is 8.21. The van der Waals surface area contributed by atoms with Gasteiger partial charge in [0.1, 0.15) is 5.82 Å². The summed E-state index contributed by atoms with van der Waals surface area (Å²) in [4.78, 5) is 12.7. The van der Waals surface area contributed by atoms with E-state index in [2.05, 4.69) is 10.4 Å². The summed E-state index contributed by atoms with van der Waals surface area (Å²) in [5.41, 5.74) is 4.13. The molecular weight excluding hydrogens is 349 g/mol. The van der Waals surface area contributed by atoms with Crippen LogP contribution in [0.4, 0.5) is 10.1 Å². The van der Waals surface area contributed by atoms with E-state index in [9.17, 15) is 9.18 Å². The molecule has 4 nitrogen and oxygen atoms in total. The zero-order valence-corrected chi connectivity index (χ0v) is 15.7. The predicted octanol–water partition coefficient (Wildman–Crippen LogP) is 4.74. The van der Waals surface area contributed by atoms with Crippen molar-refractivity contribution in [1.82, 2.24) is 9.78 Å². The van der Waals surface area contributed by atoms with Gasteiger partial charge in [0.05, 0.1) is 22.8 Å². The maximum atomic E-state index is 13.8. The van der Waals surface area contributed by atoms with Crippen molar-refractivity contribution >= 4 is 23.4 Å². The lowest BCUT2D eigenvalue weighted by Gasteiger charge is -2.09. The molecule has 0 radical (unpaired) electrons. The number of amides is 1. The lowest BCUT2D eigenvalue weighted by atomic mass is 10.1. The van der Waals surface area contributed by atoms with E-state index < -0.39 is 0 Å². The third kappa shape index (κ3) is 3.65. The van der Waals surface area contributed by atoms with Gasteiger partial charge in [0, 0.05) is 11.3 Å². The molecule has 1 aromatic heterocycles. The summed E-state index contributed by atoms with van der Waals surface area (Å²) >= 11 is 1.51. The fraction of sp³-hybridized carbons (Fsp3) is 0.200. The molecule has 0 aliphatic heterocycles. The number of benzene rings is 2. The van der Waals surface area contributed by atoms with Crippen LogP contribution in [0.1, 0.15) is 27.3 Å². The van der Waals surface area contributed by atoms with Crippen LogP contribution >= 0.6 is 11.8 Å². The van der Waals surface area contributed by atoms with Gasteiger partial charge in [-0.05, 0) is 56.0 Å². The van der Waals surface area contributed by atoms with Crippen molar-refractivity contribution in [3.63, 3.8) is 0 Å². The van der Waals surface area contributed by atoms with Gasteiger partial charge in [-0.25, -0.2) is 9.07 Å². The maximum absolute atomic E-state index is 13.8. The van der Waals surface area contributed by atoms with Crippen LogP contribution in [-0.2, 0) is 5.75 Å². The third-order valence-electron chi connectivity index (χ3n) is 4.14. The summed E-state index contributed by atoms with van der Waals surface area (Å²) in [5, 5.41) is 7.45. The van der Waals surface area contributed by atoms with Crippen LogP contribution < -0.4 is 5.32 Å². The number of halogens is 1. The van der Waals surface area contributed by atoms with Gasteiger partial charge in [-0.3, -0.25) is 4.79 Å². The van der Waals surface area contributed by atoms with Crippen molar-refractivity contribution in [2.75, 3.05) is 11.6 Å². The average molecular weight is 369 g/mol. The Bertz CT molecular complexity index is 938. The first kappa shape index (κ1) is 18.2. The van der Waals surface area contributed by atoms with Gasteiger partial charge in [-0.15, -0.1) is 0 Å². The van der Waals surface area contributed by atoms with Gasteiger partial charge in [0.15, 0.2) is 0 Å². The van der Waals surface area contributed by atoms with E-state index in [1.54, 1.807) is 10.7 Å². The molecule has 1 N–H and O–H groups in total. The molecule has 0 atom stereocenters. The van der Waals surface area contributed by atoms with Gasteiger partial charge in [0.25, 0.3) is 5.91 Å². The number of aromatic nitrogens is 2. The van der Waals surface area contributed by atoms with Gasteiger partial charge in [-0.2, -0.15) is 16.9 Å². The van der Waals surface area contributed by atoms with Gasteiger partial charge < -0.3 is 5.32 Å². The maximum Gasteiger partial charge on any atom is 0.255 e. The van der Waals surface area contributed by atoms with Crippen LogP contribution in [0.5, 0.6) is 0 Å². The van der Waals surface area contributed by atoms with E-state index in [-0.39, 0.29) is 11.7 Å². The monoisotopic (exact) mass is 369 g/mol. The second-order valence-electron chi connectivity index (χ2n) is 5.99. The normalized spacial score (nSPS) is 10.8. The average Bonchev–Trinajstić information content (AvgIpc) is 2.92. The highest BCUT2D eigenvalue weighted by Gasteiger charge is 2.17. The van der Waals surface area contributed by atoms with Crippen LogP contribution in [0.25, 0.3) is 5.69 Å². The Morgan fingerprint density at radius 3 is 2.62 bits per heavy atom. The van der Waals surface area contributed by atoms with E-state index in [4.69, 9.17) is 0 Å². The summed E-state index contributed by atoms with van der Waals surface area (Å²) < 4.78 is 15.6. The summed E-state index contributed by atoms with van der Waals surface area (Å²) in [6.45, 7) is 3.76. The molecule has 134 valence electrons. The molecule has 0 saturated carbocycles. The predicted molar refractivity (Wildman–Crippen MR) is 105 cm³/mol. The number of hydrogen-bond donors (Lipinski definition) is 1. The second kappa shape index (κ2) is 7.74. The van der Waals surface area contributed by atoms with Crippen LogP contribution in [0.3, 0.4) is 0 Å². The zero-order valence-electron chi connectivity index (χ0n) is 14.9. The number of anilines is 1. The molecule has 0 bridgehead atoms. The molecule has 3 aromatic rings. The highest BCUT2D eigenvalue weighted by Crippen LogP contribution is 2.24. The smallest absolute Gasteiger partial charge is 0.255 e. The number of aryl methyl sites for hydroxylation is 1. The number of thioether (sulfide) groups is 1. The Labute approximate surface area is 156 Å². The number of hydrogen-bond acceptors (Lipinski definition) is 3. The van der Waals surface area contributed by atoms with Crippen LogP contribution in [0.2, 0.25) is 0 Å². The summed E-state index contributed by atoms with van der Waals surface area (Å²) in [7, 11) is 0. The Kier molecular flexibility index (Phi) is 5.42. The largest absolute Gasteiger partial charge is 0.319 e. The number of carbonyl (C=O) groups excluding carboxylic acids is 1. The molecule has 1 amide bonds. The molecule has 0 fully saturated rings. The quantitative estimate of drug-likeness (QED) is 0.706. The molecule has 2 aromatic carbocycles. The molecule has 6 heteroatoms. The number of para-hydroxylation sites is 1. The van der Waals surface area contributed by atoms with Crippen molar-refractivity contribution < 1.29 is 9.18 Å². The topological polar surface area (TPSA) is 46.9 Å². The standard InChI is InChI=1S/C20H20FN3OS/c1-13-19(14(2)24(23-13)17-7-5-4-6-8-17)22-20(25)15-9-10-18(21)16(11-15)12-26-3/h4-11H,12H2,1-3H3,(H,22,25).